The Morgan fingerprint density at radius 3 is 2.67 bits per heavy atom. The number of rotatable bonds is 6. The lowest BCUT2D eigenvalue weighted by molar-refractivity contribution is -0.143. The van der Waals surface area contributed by atoms with Crippen molar-refractivity contribution in [2.45, 2.75) is 45.7 Å². The number of carbonyl (C=O) groups is 1. The van der Waals surface area contributed by atoms with Crippen LogP contribution in [0.15, 0.2) is 0 Å². The van der Waals surface area contributed by atoms with Crippen molar-refractivity contribution in [1.29, 1.82) is 0 Å². The van der Waals surface area contributed by atoms with Gasteiger partial charge in [-0.2, -0.15) is 0 Å². The second kappa shape index (κ2) is 7.07. The lowest BCUT2D eigenvalue weighted by atomic mass is 10.1. The largest absolute Gasteiger partial charge is 0.466 e. The third-order valence-electron chi connectivity index (χ3n) is 1.54. The Morgan fingerprint density at radius 1 is 1.50 bits per heavy atom. The number of unbranched alkanes of at least 4 members (excludes halogenated alkanes) is 1. The average Bonchev–Trinajstić information content (AvgIpc) is 1.98. The molecule has 2 nitrogen and oxygen atoms in total. The van der Waals surface area contributed by atoms with Gasteiger partial charge in [0.2, 0.25) is 0 Å². The van der Waals surface area contributed by atoms with Crippen LogP contribution in [0.2, 0.25) is 0 Å². The molecule has 0 aliphatic carbocycles. The summed E-state index contributed by atoms with van der Waals surface area (Å²) in [6, 6.07) is 0. The van der Waals surface area contributed by atoms with E-state index in [9.17, 15) is 9.18 Å². The number of esters is 1. The third kappa shape index (κ3) is 7.51. The molecule has 0 saturated heterocycles. The Morgan fingerprint density at radius 2 is 2.17 bits per heavy atom. The number of hydrogen-bond donors (Lipinski definition) is 0. The van der Waals surface area contributed by atoms with E-state index in [0.717, 1.165) is 12.8 Å². The Hall–Kier alpha value is -0.600. The van der Waals surface area contributed by atoms with Crippen molar-refractivity contribution < 1.29 is 13.9 Å². The molecule has 3 heteroatoms. The molecule has 0 spiro atoms. The van der Waals surface area contributed by atoms with E-state index < -0.39 is 6.17 Å². The van der Waals surface area contributed by atoms with Gasteiger partial charge < -0.3 is 4.74 Å². The smallest absolute Gasteiger partial charge is 0.305 e. The van der Waals surface area contributed by atoms with Crippen molar-refractivity contribution in [3.8, 4) is 0 Å². The van der Waals surface area contributed by atoms with Crippen LogP contribution >= 0.6 is 0 Å². The van der Waals surface area contributed by atoms with Crippen LogP contribution in [0.1, 0.15) is 39.5 Å². The maximum atomic E-state index is 12.3. The standard InChI is InChI=1S/C9H17FO2/c1-3-12-9(11)7-5-4-6-8(2)10/h8H,3-7H2,1-2H3. The molecule has 0 radical (unpaired) electrons. The molecular weight excluding hydrogens is 159 g/mol. The third-order valence-corrected chi connectivity index (χ3v) is 1.54. The summed E-state index contributed by atoms with van der Waals surface area (Å²) in [5.41, 5.74) is 0. The fourth-order valence-electron chi connectivity index (χ4n) is 0.928. The van der Waals surface area contributed by atoms with Crippen molar-refractivity contribution in [2.24, 2.45) is 0 Å². The summed E-state index contributed by atoms with van der Waals surface area (Å²) < 4.78 is 17.0. The predicted octanol–water partition coefficient (Wildman–Crippen LogP) is 2.47. The maximum absolute atomic E-state index is 12.3. The Balaban J connectivity index is 3.14. The molecule has 1 unspecified atom stereocenters. The zero-order chi connectivity index (χ0) is 9.40. The summed E-state index contributed by atoms with van der Waals surface area (Å²) in [6.45, 7) is 3.74. The SMILES string of the molecule is CCOC(=O)CCCCC(C)F. The molecule has 0 rings (SSSR count). The van der Waals surface area contributed by atoms with Crippen LogP contribution in [-0.4, -0.2) is 18.7 Å². The van der Waals surface area contributed by atoms with Gasteiger partial charge in [0, 0.05) is 6.42 Å². The van der Waals surface area contributed by atoms with Crippen molar-refractivity contribution in [1.82, 2.24) is 0 Å². The zero-order valence-electron chi connectivity index (χ0n) is 7.81. The highest BCUT2D eigenvalue weighted by atomic mass is 19.1. The van der Waals surface area contributed by atoms with Gasteiger partial charge in [-0.05, 0) is 33.1 Å². The van der Waals surface area contributed by atoms with Gasteiger partial charge in [-0.3, -0.25) is 4.79 Å². The van der Waals surface area contributed by atoms with Gasteiger partial charge in [0.15, 0.2) is 0 Å². The van der Waals surface area contributed by atoms with Gasteiger partial charge in [-0.1, -0.05) is 0 Å². The normalized spacial score (nSPS) is 12.6. The van der Waals surface area contributed by atoms with Crippen LogP contribution in [0.4, 0.5) is 4.39 Å². The molecular formula is C9H17FO2. The molecule has 12 heavy (non-hydrogen) atoms. The first-order chi connectivity index (χ1) is 5.66. The highest BCUT2D eigenvalue weighted by molar-refractivity contribution is 5.69. The van der Waals surface area contributed by atoms with E-state index >= 15 is 0 Å². The first-order valence-corrected chi connectivity index (χ1v) is 4.46. The quantitative estimate of drug-likeness (QED) is 0.459. The number of carbonyl (C=O) groups excluding carboxylic acids is 1. The molecule has 0 heterocycles. The van der Waals surface area contributed by atoms with Gasteiger partial charge in [-0.25, -0.2) is 4.39 Å². The van der Waals surface area contributed by atoms with E-state index in [-0.39, 0.29) is 5.97 Å². The summed E-state index contributed by atoms with van der Waals surface area (Å²) in [6.07, 6.45) is 1.69. The second-order valence-electron chi connectivity index (χ2n) is 2.83. The van der Waals surface area contributed by atoms with Crippen molar-refractivity contribution in [3.63, 3.8) is 0 Å². The molecule has 72 valence electrons. The van der Waals surface area contributed by atoms with Crippen LogP contribution in [0.3, 0.4) is 0 Å². The summed E-state index contributed by atoms with van der Waals surface area (Å²) in [5, 5.41) is 0. The summed E-state index contributed by atoms with van der Waals surface area (Å²) >= 11 is 0. The average molecular weight is 176 g/mol. The molecule has 0 aromatic heterocycles. The Labute approximate surface area is 73.1 Å². The van der Waals surface area contributed by atoms with Gasteiger partial charge in [0.25, 0.3) is 0 Å². The first kappa shape index (κ1) is 11.4. The Bertz CT molecular complexity index is 124. The molecule has 1 atom stereocenters. The molecule has 0 fully saturated rings. The molecule has 0 aliphatic rings. The minimum absolute atomic E-state index is 0.177. The lowest BCUT2D eigenvalue weighted by Crippen LogP contribution is -2.03. The first-order valence-electron chi connectivity index (χ1n) is 4.46. The maximum Gasteiger partial charge on any atom is 0.305 e. The predicted molar refractivity (Wildman–Crippen MR) is 45.7 cm³/mol. The molecule has 0 aromatic carbocycles. The fraction of sp³-hybridized carbons (Fsp3) is 0.889. The van der Waals surface area contributed by atoms with Gasteiger partial charge in [0.05, 0.1) is 12.8 Å². The van der Waals surface area contributed by atoms with E-state index in [2.05, 4.69) is 0 Å². The van der Waals surface area contributed by atoms with Crippen LogP contribution in [0.5, 0.6) is 0 Å². The van der Waals surface area contributed by atoms with Crippen molar-refractivity contribution in [3.05, 3.63) is 0 Å². The van der Waals surface area contributed by atoms with Crippen LogP contribution in [-0.2, 0) is 9.53 Å². The fourth-order valence-corrected chi connectivity index (χ4v) is 0.928. The number of halogens is 1. The minimum atomic E-state index is -0.757. The van der Waals surface area contributed by atoms with E-state index in [4.69, 9.17) is 4.74 Å². The zero-order valence-corrected chi connectivity index (χ0v) is 7.81. The van der Waals surface area contributed by atoms with Gasteiger partial charge >= 0.3 is 5.97 Å². The van der Waals surface area contributed by atoms with Crippen LogP contribution in [0.25, 0.3) is 0 Å². The van der Waals surface area contributed by atoms with Gasteiger partial charge in [0.1, 0.15) is 0 Å². The second-order valence-corrected chi connectivity index (χ2v) is 2.83. The topological polar surface area (TPSA) is 26.3 Å². The van der Waals surface area contributed by atoms with E-state index in [1.807, 2.05) is 0 Å². The Kier molecular flexibility index (Phi) is 6.72. The summed E-state index contributed by atoms with van der Waals surface area (Å²) in [5.74, 6) is -0.177. The number of alkyl halides is 1. The van der Waals surface area contributed by atoms with Gasteiger partial charge in [-0.15, -0.1) is 0 Å². The van der Waals surface area contributed by atoms with Crippen molar-refractivity contribution in [2.75, 3.05) is 6.61 Å². The molecule has 0 bridgehead atoms. The highest BCUT2D eigenvalue weighted by Gasteiger charge is 2.02. The van der Waals surface area contributed by atoms with E-state index in [1.54, 1.807) is 6.92 Å². The molecule has 0 aromatic rings. The molecule has 0 N–H and O–H groups in total. The van der Waals surface area contributed by atoms with Crippen LogP contribution < -0.4 is 0 Å². The number of ether oxygens (including phenoxy) is 1. The molecule has 0 amide bonds. The minimum Gasteiger partial charge on any atom is -0.466 e. The lowest BCUT2D eigenvalue weighted by Gasteiger charge is -2.02. The molecule has 0 saturated carbocycles. The summed E-state index contributed by atoms with van der Waals surface area (Å²) in [4.78, 5) is 10.8. The monoisotopic (exact) mass is 176 g/mol. The highest BCUT2D eigenvalue weighted by Crippen LogP contribution is 2.06. The summed E-state index contributed by atoms with van der Waals surface area (Å²) in [7, 11) is 0. The molecule has 0 aliphatic heterocycles. The van der Waals surface area contributed by atoms with Crippen molar-refractivity contribution >= 4 is 5.97 Å². The van der Waals surface area contributed by atoms with E-state index in [1.165, 1.54) is 6.92 Å². The number of hydrogen-bond acceptors (Lipinski definition) is 2. The van der Waals surface area contributed by atoms with Crippen LogP contribution in [0, 0.1) is 0 Å². The van der Waals surface area contributed by atoms with E-state index in [0.29, 0.717) is 19.4 Å².